The molecule has 1 fully saturated rings. The summed E-state index contributed by atoms with van der Waals surface area (Å²) in [5.41, 5.74) is 1.88. The summed E-state index contributed by atoms with van der Waals surface area (Å²) in [6.07, 6.45) is 0. The molecule has 0 unspecified atom stereocenters. The third-order valence-corrected chi connectivity index (χ3v) is 5.41. The van der Waals surface area contributed by atoms with Gasteiger partial charge < -0.3 is 14.7 Å². The molecule has 0 N–H and O–H groups in total. The van der Waals surface area contributed by atoms with E-state index in [-0.39, 0.29) is 5.91 Å². The SMILES string of the molecule is C[C@H]1CN=C(N2CCN(C(=O)c3ccc(N(C)C)cc3)CC2)S1. The minimum absolute atomic E-state index is 0.129. The molecule has 0 spiro atoms. The van der Waals surface area contributed by atoms with E-state index in [9.17, 15) is 4.79 Å². The Balaban J connectivity index is 1.57. The first-order valence-corrected chi connectivity index (χ1v) is 8.95. The third-order valence-electron chi connectivity index (χ3n) is 4.26. The van der Waals surface area contributed by atoms with Crippen LogP contribution in [0.15, 0.2) is 29.3 Å². The molecule has 2 aliphatic heterocycles. The summed E-state index contributed by atoms with van der Waals surface area (Å²) < 4.78 is 0. The second-order valence-corrected chi connectivity index (χ2v) is 7.68. The zero-order chi connectivity index (χ0) is 16.4. The zero-order valence-corrected chi connectivity index (χ0v) is 14.8. The molecular formula is C17H24N4OS. The highest BCUT2D eigenvalue weighted by Crippen LogP contribution is 2.24. The number of aliphatic imine (C=N–C) groups is 1. The lowest BCUT2D eigenvalue weighted by molar-refractivity contribution is 0.0693. The monoisotopic (exact) mass is 332 g/mol. The number of nitrogens with zero attached hydrogens (tertiary/aromatic N) is 4. The maximum absolute atomic E-state index is 12.6. The lowest BCUT2D eigenvalue weighted by atomic mass is 10.1. The van der Waals surface area contributed by atoms with Crippen molar-refractivity contribution >= 4 is 28.5 Å². The largest absolute Gasteiger partial charge is 0.378 e. The molecule has 23 heavy (non-hydrogen) atoms. The van der Waals surface area contributed by atoms with E-state index in [4.69, 9.17) is 0 Å². The Morgan fingerprint density at radius 1 is 1.17 bits per heavy atom. The second-order valence-electron chi connectivity index (χ2n) is 6.27. The van der Waals surface area contributed by atoms with Gasteiger partial charge in [-0.3, -0.25) is 9.79 Å². The lowest BCUT2D eigenvalue weighted by Gasteiger charge is -2.35. The molecule has 0 saturated carbocycles. The molecule has 1 aromatic carbocycles. The van der Waals surface area contributed by atoms with Crippen LogP contribution in [-0.2, 0) is 0 Å². The number of piperazine rings is 1. The average molecular weight is 332 g/mol. The van der Waals surface area contributed by atoms with Crippen molar-refractivity contribution in [2.24, 2.45) is 4.99 Å². The number of thioether (sulfide) groups is 1. The number of amidine groups is 1. The van der Waals surface area contributed by atoms with Crippen molar-refractivity contribution in [1.29, 1.82) is 0 Å². The van der Waals surface area contributed by atoms with Crippen LogP contribution in [0, 0.1) is 0 Å². The van der Waals surface area contributed by atoms with Crippen LogP contribution in [-0.4, -0.2) is 72.9 Å². The van der Waals surface area contributed by atoms with Gasteiger partial charge in [-0.15, -0.1) is 0 Å². The Kier molecular flexibility index (Phi) is 4.80. The molecule has 2 heterocycles. The van der Waals surface area contributed by atoms with Gasteiger partial charge in [0.05, 0.1) is 6.54 Å². The topological polar surface area (TPSA) is 39.1 Å². The summed E-state index contributed by atoms with van der Waals surface area (Å²) in [7, 11) is 4.00. The standard InChI is InChI=1S/C17H24N4OS/c1-13-12-18-17(23-13)21-10-8-20(9-11-21)16(22)14-4-6-15(7-5-14)19(2)3/h4-7,13H,8-12H2,1-3H3/t13-/m0/s1. The fourth-order valence-corrected chi connectivity index (χ4v) is 3.81. The van der Waals surface area contributed by atoms with Gasteiger partial charge in [-0.2, -0.15) is 0 Å². The maximum Gasteiger partial charge on any atom is 0.253 e. The van der Waals surface area contributed by atoms with Crippen LogP contribution in [0.2, 0.25) is 0 Å². The molecular weight excluding hydrogens is 308 g/mol. The van der Waals surface area contributed by atoms with Crippen molar-refractivity contribution in [3.05, 3.63) is 29.8 Å². The van der Waals surface area contributed by atoms with E-state index in [1.54, 1.807) is 0 Å². The Labute approximate surface area is 142 Å². The molecule has 5 nitrogen and oxygen atoms in total. The van der Waals surface area contributed by atoms with Gasteiger partial charge in [-0.25, -0.2) is 0 Å². The highest BCUT2D eigenvalue weighted by molar-refractivity contribution is 8.14. The molecule has 1 amide bonds. The molecule has 0 bridgehead atoms. The van der Waals surface area contributed by atoms with Gasteiger partial charge in [-0.05, 0) is 24.3 Å². The summed E-state index contributed by atoms with van der Waals surface area (Å²) >= 11 is 1.85. The van der Waals surface area contributed by atoms with Gasteiger partial charge in [0.1, 0.15) is 0 Å². The van der Waals surface area contributed by atoms with Crippen LogP contribution in [0.25, 0.3) is 0 Å². The molecule has 1 aromatic rings. The molecule has 124 valence electrons. The predicted octanol–water partition coefficient (Wildman–Crippen LogP) is 2.00. The fourth-order valence-electron chi connectivity index (χ4n) is 2.82. The van der Waals surface area contributed by atoms with Crippen LogP contribution in [0.1, 0.15) is 17.3 Å². The number of carbonyl (C=O) groups excluding carboxylic acids is 1. The van der Waals surface area contributed by atoms with Gasteiger partial charge in [0.2, 0.25) is 0 Å². The number of rotatable bonds is 2. The number of amides is 1. The van der Waals surface area contributed by atoms with Crippen molar-refractivity contribution in [2.75, 3.05) is 51.7 Å². The molecule has 6 heteroatoms. The smallest absolute Gasteiger partial charge is 0.253 e. The van der Waals surface area contributed by atoms with Gasteiger partial charge in [0.25, 0.3) is 5.91 Å². The Bertz CT molecular complexity index is 591. The van der Waals surface area contributed by atoms with Crippen molar-refractivity contribution in [1.82, 2.24) is 9.80 Å². The van der Waals surface area contributed by atoms with Crippen molar-refractivity contribution in [2.45, 2.75) is 12.2 Å². The molecule has 1 saturated heterocycles. The number of carbonyl (C=O) groups is 1. The number of hydrogen-bond acceptors (Lipinski definition) is 5. The average Bonchev–Trinajstić information content (AvgIpc) is 3.01. The Morgan fingerprint density at radius 3 is 2.35 bits per heavy atom. The van der Waals surface area contributed by atoms with Crippen molar-refractivity contribution in [3.63, 3.8) is 0 Å². The molecule has 0 radical (unpaired) electrons. The molecule has 1 atom stereocenters. The Hall–Kier alpha value is -1.69. The first-order valence-electron chi connectivity index (χ1n) is 8.07. The number of benzene rings is 1. The number of hydrogen-bond donors (Lipinski definition) is 0. The van der Waals surface area contributed by atoms with Crippen molar-refractivity contribution < 1.29 is 4.79 Å². The molecule has 3 rings (SSSR count). The summed E-state index contributed by atoms with van der Waals surface area (Å²) in [6.45, 7) is 6.40. The van der Waals surface area contributed by atoms with Crippen molar-refractivity contribution in [3.8, 4) is 0 Å². The fraction of sp³-hybridized carbons (Fsp3) is 0.529. The second kappa shape index (κ2) is 6.83. The summed E-state index contributed by atoms with van der Waals surface area (Å²) in [5, 5.41) is 1.74. The van der Waals surface area contributed by atoms with Crippen LogP contribution in [0.4, 0.5) is 5.69 Å². The van der Waals surface area contributed by atoms with Crippen LogP contribution in [0.3, 0.4) is 0 Å². The number of anilines is 1. The minimum atomic E-state index is 0.129. The molecule has 0 aromatic heterocycles. The van der Waals surface area contributed by atoms with Gasteiger partial charge in [0.15, 0.2) is 5.17 Å². The van der Waals surface area contributed by atoms with Crippen LogP contribution >= 0.6 is 11.8 Å². The summed E-state index contributed by atoms with van der Waals surface area (Å²) in [6, 6.07) is 7.83. The van der Waals surface area contributed by atoms with E-state index in [1.165, 1.54) is 0 Å². The van der Waals surface area contributed by atoms with E-state index >= 15 is 0 Å². The highest BCUT2D eigenvalue weighted by atomic mass is 32.2. The zero-order valence-electron chi connectivity index (χ0n) is 14.0. The van der Waals surface area contributed by atoms with Gasteiger partial charge in [-0.1, -0.05) is 18.7 Å². The summed E-state index contributed by atoms with van der Waals surface area (Å²) in [4.78, 5) is 23.5. The predicted molar refractivity (Wildman–Crippen MR) is 97.6 cm³/mol. The van der Waals surface area contributed by atoms with Gasteiger partial charge in [0, 0.05) is 56.8 Å². The third kappa shape index (κ3) is 3.63. The molecule has 2 aliphatic rings. The van der Waals surface area contributed by atoms with E-state index < -0.39 is 0 Å². The quantitative estimate of drug-likeness (QED) is 0.830. The highest BCUT2D eigenvalue weighted by Gasteiger charge is 2.27. The maximum atomic E-state index is 12.6. The first-order chi connectivity index (χ1) is 11.0. The lowest BCUT2D eigenvalue weighted by Crippen LogP contribution is -2.49. The Morgan fingerprint density at radius 2 is 1.83 bits per heavy atom. The van der Waals surface area contributed by atoms with E-state index in [2.05, 4.69) is 16.8 Å². The molecule has 0 aliphatic carbocycles. The normalized spacial score (nSPS) is 21.3. The van der Waals surface area contributed by atoms with Gasteiger partial charge >= 0.3 is 0 Å². The van der Waals surface area contributed by atoms with E-state index in [0.717, 1.165) is 49.1 Å². The van der Waals surface area contributed by atoms with Crippen LogP contribution < -0.4 is 4.90 Å². The van der Waals surface area contributed by atoms with E-state index in [1.807, 2.05) is 59.9 Å². The first kappa shape index (κ1) is 16.2. The van der Waals surface area contributed by atoms with E-state index in [0.29, 0.717) is 5.25 Å². The van der Waals surface area contributed by atoms with Crippen LogP contribution in [0.5, 0.6) is 0 Å². The summed E-state index contributed by atoms with van der Waals surface area (Å²) in [5.74, 6) is 0.129. The minimum Gasteiger partial charge on any atom is -0.378 e.